The molecule has 2 heterocycles. The summed E-state index contributed by atoms with van der Waals surface area (Å²) in [6.45, 7) is 0.119. The van der Waals surface area contributed by atoms with Crippen molar-refractivity contribution in [3.63, 3.8) is 0 Å². The van der Waals surface area contributed by atoms with E-state index < -0.39 is 60.7 Å². The van der Waals surface area contributed by atoms with Crippen molar-refractivity contribution in [1.82, 2.24) is 4.98 Å². The quantitative estimate of drug-likeness (QED) is 0.209. The van der Waals surface area contributed by atoms with E-state index in [0.29, 0.717) is 16.9 Å². The van der Waals surface area contributed by atoms with E-state index in [1.54, 1.807) is 10.3 Å². The third-order valence-corrected chi connectivity index (χ3v) is 8.43. The monoisotopic (exact) mass is 510 g/mol. The lowest BCUT2D eigenvalue weighted by Gasteiger charge is -2.31. The summed E-state index contributed by atoms with van der Waals surface area (Å²) in [7, 11) is -4.86. The minimum Gasteiger partial charge on any atom is -0.348 e. The molecule has 0 bridgehead atoms. The second-order valence-corrected chi connectivity index (χ2v) is 10.3. The minimum atomic E-state index is -4.86. The van der Waals surface area contributed by atoms with Crippen LogP contribution in [0.2, 0.25) is 0 Å². The van der Waals surface area contributed by atoms with E-state index in [2.05, 4.69) is 4.98 Å². The summed E-state index contributed by atoms with van der Waals surface area (Å²) in [6.07, 6.45) is -0.323. The van der Waals surface area contributed by atoms with Crippen molar-refractivity contribution >= 4 is 26.3 Å². The highest BCUT2D eigenvalue weighted by Crippen LogP contribution is 2.35. The van der Waals surface area contributed by atoms with Crippen molar-refractivity contribution in [2.45, 2.75) is 23.0 Å². The molecule has 1 aliphatic rings. The van der Waals surface area contributed by atoms with Gasteiger partial charge in [-0.25, -0.2) is 44.1 Å². The average Bonchev–Trinajstić information content (AvgIpc) is 3.26. The van der Waals surface area contributed by atoms with Gasteiger partial charge in [0.05, 0.1) is 10.9 Å². The standard InChI is InChI=1S/C20H13F7N2O2S2/c21-10-5-9(6-11(22)7-10)13-8-32-20(28-13)29-3-1-12(2-4-29)33(30,31)19-17(26)15(24)14(23)16(25)18(19)27/h5-8,12H,1-4H2. The van der Waals surface area contributed by atoms with E-state index in [1.165, 1.54) is 0 Å². The predicted molar refractivity (Wildman–Crippen MR) is 106 cm³/mol. The summed E-state index contributed by atoms with van der Waals surface area (Å²) < 4.78 is 121. The summed E-state index contributed by atoms with van der Waals surface area (Å²) in [5.41, 5.74) is 0.503. The van der Waals surface area contributed by atoms with Crippen LogP contribution in [0.1, 0.15) is 12.8 Å². The predicted octanol–water partition coefficient (Wildman–Crippen LogP) is 5.23. The molecule has 0 spiro atoms. The molecular weight excluding hydrogens is 497 g/mol. The van der Waals surface area contributed by atoms with Gasteiger partial charge in [0.1, 0.15) is 16.5 Å². The van der Waals surface area contributed by atoms with Gasteiger partial charge in [0.25, 0.3) is 0 Å². The smallest absolute Gasteiger partial charge is 0.200 e. The largest absolute Gasteiger partial charge is 0.348 e. The molecule has 0 unspecified atom stereocenters. The number of rotatable bonds is 4. The van der Waals surface area contributed by atoms with Crippen LogP contribution >= 0.6 is 11.3 Å². The number of hydrogen-bond acceptors (Lipinski definition) is 5. The normalized spacial score (nSPS) is 15.3. The fourth-order valence-electron chi connectivity index (χ4n) is 3.60. The average molecular weight is 510 g/mol. The van der Waals surface area contributed by atoms with Gasteiger partial charge in [-0.1, -0.05) is 0 Å². The van der Waals surface area contributed by atoms with Crippen LogP contribution in [0, 0.1) is 40.7 Å². The number of benzene rings is 2. The molecule has 0 amide bonds. The first-order chi connectivity index (χ1) is 15.5. The van der Waals surface area contributed by atoms with Gasteiger partial charge in [-0.05, 0) is 25.0 Å². The molecule has 1 aromatic heterocycles. The lowest BCUT2D eigenvalue weighted by Crippen LogP contribution is -2.40. The number of piperidine rings is 1. The van der Waals surface area contributed by atoms with Crippen molar-refractivity contribution < 1.29 is 39.2 Å². The van der Waals surface area contributed by atoms with Crippen molar-refractivity contribution in [1.29, 1.82) is 0 Å². The van der Waals surface area contributed by atoms with E-state index in [0.717, 1.165) is 23.5 Å². The SMILES string of the molecule is O=S(=O)(c1c(F)c(F)c(F)c(F)c1F)C1CCN(c2nc(-c3cc(F)cc(F)c3)cs2)CC1. The van der Waals surface area contributed by atoms with Crippen LogP contribution in [0.5, 0.6) is 0 Å². The topological polar surface area (TPSA) is 50.3 Å². The van der Waals surface area contributed by atoms with Crippen LogP contribution in [0.15, 0.2) is 28.5 Å². The summed E-state index contributed by atoms with van der Waals surface area (Å²) in [5.74, 6) is -13.4. The van der Waals surface area contributed by atoms with Crippen molar-refractivity contribution in [2.24, 2.45) is 0 Å². The second-order valence-electron chi connectivity index (χ2n) is 7.30. The Labute approximate surface area is 187 Å². The summed E-state index contributed by atoms with van der Waals surface area (Å²) >= 11 is 1.14. The number of nitrogens with zero attached hydrogens (tertiary/aromatic N) is 2. The second kappa shape index (κ2) is 8.60. The number of halogens is 7. The van der Waals surface area contributed by atoms with Gasteiger partial charge in [-0.3, -0.25) is 0 Å². The van der Waals surface area contributed by atoms with Gasteiger partial charge < -0.3 is 4.90 Å². The van der Waals surface area contributed by atoms with Crippen LogP contribution < -0.4 is 4.90 Å². The minimum absolute atomic E-state index is 0.0593. The molecule has 1 fully saturated rings. The number of hydrogen-bond donors (Lipinski definition) is 0. The highest BCUT2D eigenvalue weighted by atomic mass is 32.2. The fourth-order valence-corrected chi connectivity index (χ4v) is 6.33. The highest BCUT2D eigenvalue weighted by molar-refractivity contribution is 7.92. The first kappa shape index (κ1) is 23.5. The molecule has 176 valence electrons. The van der Waals surface area contributed by atoms with Gasteiger partial charge in [0.15, 0.2) is 38.2 Å². The molecule has 1 aliphatic heterocycles. The van der Waals surface area contributed by atoms with E-state index >= 15 is 0 Å². The Hall–Kier alpha value is -2.67. The lowest BCUT2D eigenvalue weighted by atomic mass is 10.1. The molecule has 2 aromatic carbocycles. The zero-order valence-corrected chi connectivity index (χ0v) is 18.0. The maximum absolute atomic E-state index is 14.0. The molecule has 33 heavy (non-hydrogen) atoms. The molecule has 1 saturated heterocycles. The molecular formula is C20H13F7N2O2S2. The Morgan fingerprint density at radius 3 is 1.88 bits per heavy atom. The highest BCUT2D eigenvalue weighted by Gasteiger charge is 2.39. The summed E-state index contributed by atoms with van der Waals surface area (Å²) in [5, 5.41) is 0.599. The van der Waals surface area contributed by atoms with Gasteiger partial charge in [0, 0.05) is 30.1 Å². The van der Waals surface area contributed by atoms with Crippen LogP contribution in [-0.4, -0.2) is 31.7 Å². The Bertz CT molecular complexity index is 1290. The van der Waals surface area contributed by atoms with Gasteiger partial charge in [0.2, 0.25) is 5.82 Å². The van der Waals surface area contributed by atoms with Crippen molar-refractivity contribution in [2.75, 3.05) is 18.0 Å². The van der Waals surface area contributed by atoms with E-state index in [4.69, 9.17) is 0 Å². The van der Waals surface area contributed by atoms with E-state index in [-0.39, 0.29) is 31.5 Å². The fraction of sp³-hybridized carbons (Fsp3) is 0.250. The van der Waals surface area contributed by atoms with Crippen molar-refractivity contribution in [3.8, 4) is 11.3 Å². The lowest BCUT2D eigenvalue weighted by molar-refractivity contribution is 0.356. The zero-order valence-electron chi connectivity index (χ0n) is 16.4. The first-order valence-corrected chi connectivity index (χ1v) is 11.9. The molecule has 0 aliphatic carbocycles. The van der Waals surface area contributed by atoms with Crippen LogP contribution in [0.3, 0.4) is 0 Å². The third-order valence-electron chi connectivity index (χ3n) is 5.26. The number of aromatic nitrogens is 1. The first-order valence-electron chi connectivity index (χ1n) is 9.43. The van der Waals surface area contributed by atoms with Crippen LogP contribution in [0.25, 0.3) is 11.3 Å². The molecule has 0 saturated carbocycles. The molecule has 13 heteroatoms. The molecule has 3 aromatic rings. The zero-order chi connectivity index (χ0) is 24.1. The van der Waals surface area contributed by atoms with Crippen molar-refractivity contribution in [3.05, 3.63) is 64.3 Å². The molecule has 4 nitrogen and oxygen atoms in total. The molecule has 0 N–H and O–H groups in total. The molecule has 4 rings (SSSR count). The number of sulfone groups is 1. The maximum atomic E-state index is 14.0. The number of anilines is 1. The van der Waals surface area contributed by atoms with E-state index in [9.17, 15) is 39.2 Å². The Morgan fingerprint density at radius 2 is 1.33 bits per heavy atom. The summed E-state index contributed by atoms with van der Waals surface area (Å²) in [6, 6.07) is 2.92. The van der Waals surface area contributed by atoms with Gasteiger partial charge in [-0.15, -0.1) is 11.3 Å². The molecule has 0 atom stereocenters. The summed E-state index contributed by atoms with van der Waals surface area (Å²) in [4.78, 5) is 4.12. The third kappa shape index (κ3) is 4.19. The Balaban J connectivity index is 1.54. The Morgan fingerprint density at radius 1 is 0.818 bits per heavy atom. The Kier molecular flexibility index (Phi) is 6.12. The molecule has 0 radical (unpaired) electrons. The van der Waals surface area contributed by atoms with E-state index in [1.807, 2.05) is 0 Å². The van der Waals surface area contributed by atoms with Gasteiger partial charge in [-0.2, -0.15) is 0 Å². The maximum Gasteiger partial charge on any atom is 0.200 e. The number of thiazole rings is 1. The van der Waals surface area contributed by atoms with Crippen LogP contribution in [-0.2, 0) is 9.84 Å². The van der Waals surface area contributed by atoms with Crippen LogP contribution in [0.4, 0.5) is 35.9 Å². The van der Waals surface area contributed by atoms with Gasteiger partial charge >= 0.3 is 0 Å².